The summed E-state index contributed by atoms with van der Waals surface area (Å²) in [6.45, 7) is 5.51. The van der Waals surface area contributed by atoms with Gasteiger partial charge in [0, 0.05) is 19.2 Å². The van der Waals surface area contributed by atoms with Crippen LogP contribution in [0, 0.1) is 0 Å². The second-order valence-corrected chi connectivity index (χ2v) is 4.15. The first kappa shape index (κ1) is 13.3. The lowest BCUT2D eigenvalue weighted by atomic mass is 10.2. The molecule has 0 fully saturated rings. The van der Waals surface area contributed by atoms with Crippen LogP contribution in [-0.2, 0) is 20.1 Å². The summed E-state index contributed by atoms with van der Waals surface area (Å²) in [4.78, 5) is 4.16. The van der Waals surface area contributed by atoms with E-state index in [9.17, 15) is 0 Å². The van der Waals surface area contributed by atoms with Crippen molar-refractivity contribution in [2.24, 2.45) is 7.05 Å². The maximum Gasteiger partial charge on any atom is 0.164 e. The van der Waals surface area contributed by atoms with Crippen molar-refractivity contribution < 1.29 is 4.74 Å². The van der Waals surface area contributed by atoms with Gasteiger partial charge in [0.15, 0.2) is 5.82 Å². The SMILES string of the molecule is C=CCOc1ccccc1CNCc1ncn(C)n1. The first-order valence-electron chi connectivity index (χ1n) is 6.16. The van der Waals surface area contributed by atoms with E-state index in [0.29, 0.717) is 19.7 Å². The van der Waals surface area contributed by atoms with E-state index in [1.54, 1.807) is 17.1 Å². The van der Waals surface area contributed by atoms with Gasteiger partial charge in [0.1, 0.15) is 18.7 Å². The van der Waals surface area contributed by atoms with Crippen LogP contribution in [0.15, 0.2) is 43.2 Å². The van der Waals surface area contributed by atoms with Gasteiger partial charge in [-0.1, -0.05) is 30.9 Å². The minimum absolute atomic E-state index is 0.513. The van der Waals surface area contributed by atoms with Crippen LogP contribution in [0.25, 0.3) is 0 Å². The molecule has 0 bridgehead atoms. The number of nitrogens with zero attached hydrogens (tertiary/aromatic N) is 3. The van der Waals surface area contributed by atoms with Gasteiger partial charge in [0.05, 0.1) is 6.54 Å². The van der Waals surface area contributed by atoms with Gasteiger partial charge < -0.3 is 10.1 Å². The fraction of sp³-hybridized carbons (Fsp3) is 0.286. The van der Waals surface area contributed by atoms with E-state index in [1.807, 2.05) is 31.3 Å². The van der Waals surface area contributed by atoms with Crippen LogP contribution in [0.1, 0.15) is 11.4 Å². The molecule has 0 saturated heterocycles. The molecule has 0 aliphatic heterocycles. The summed E-state index contributed by atoms with van der Waals surface area (Å²) >= 11 is 0. The van der Waals surface area contributed by atoms with Crippen molar-refractivity contribution in [1.82, 2.24) is 20.1 Å². The molecule has 0 aliphatic carbocycles. The molecule has 0 amide bonds. The Kier molecular flexibility index (Phi) is 4.69. The van der Waals surface area contributed by atoms with Crippen LogP contribution in [0.5, 0.6) is 5.75 Å². The molecule has 0 aliphatic rings. The molecule has 100 valence electrons. The number of benzene rings is 1. The smallest absolute Gasteiger partial charge is 0.164 e. The number of rotatable bonds is 7. The molecule has 19 heavy (non-hydrogen) atoms. The van der Waals surface area contributed by atoms with Crippen LogP contribution in [0.3, 0.4) is 0 Å². The molecule has 5 heteroatoms. The summed E-state index contributed by atoms with van der Waals surface area (Å²) in [5.74, 6) is 1.66. The van der Waals surface area contributed by atoms with Crippen LogP contribution < -0.4 is 10.1 Å². The lowest BCUT2D eigenvalue weighted by Gasteiger charge is -2.10. The van der Waals surface area contributed by atoms with Crippen molar-refractivity contribution in [3.63, 3.8) is 0 Å². The van der Waals surface area contributed by atoms with Gasteiger partial charge in [-0.25, -0.2) is 4.98 Å². The van der Waals surface area contributed by atoms with Gasteiger partial charge in [-0.15, -0.1) is 0 Å². The highest BCUT2D eigenvalue weighted by molar-refractivity contribution is 5.33. The Balaban J connectivity index is 1.89. The molecule has 0 radical (unpaired) electrons. The Labute approximate surface area is 112 Å². The largest absolute Gasteiger partial charge is 0.489 e. The van der Waals surface area contributed by atoms with Gasteiger partial charge in [-0.2, -0.15) is 5.10 Å². The molecule has 1 aromatic heterocycles. The monoisotopic (exact) mass is 258 g/mol. The summed E-state index contributed by atoms with van der Waals surface area (Å²) in [6, 6.07) is 7.95. The first-order valence-corrected chi connectivity index (χ1v) is 6.16. The number of aromatic nitrogens is 3. The molecule has 0 unspecified atom stereocenters. The van der Waals surface area contributed by atoms with Crippen LogP contribution in [0.2, 0.25) is 0 Å². The van der Waals surface area contributed by atoms with Gasteiger partial charge in [0.2, 0.25) is 0 Å². The summed E-state index contributed by atoms with van der Waals surface area (Å²) in [5.41, 5.74) is 1.11. The third kappa shape index (κ3) is 3.93. The third-order valence-electron chi connectivity index (χ3n) is 2.57. The summed E-state index contributed by atoms with van der Waals surface area (Å²) < 4.78 is 7.29. The van der Waals surface area contributed by atoms with E-state index in [4.69, 9.17) is 4.74 Å². The normalized spacial score (nSPS) is 10.4. The quantitative estimate of drug-likeness (QED) is 0.768. The number of para-hydroxylation sites is 1. The van der Waals surface area contributed by atoms with E-state index in [0.717, 1.165) is 17.1 Å². The lowest BCUT2D eigenvalue weighted by molar-refractivity contribution is 0.357. The first-order chi connectivity index (χ1) is 9.29. The van der Waals surface area contributed by atoms with Gasteiger partial charge in [0.25, 0.3) is 0 Å². The molecule has 0 atom stereocenters. The Morgan fingerprint density at radius 2 is 2.21 bits per heavy atom. The van der Waals surface area contributed by atoms with Crippen molar-refractivity contribution in [2.75, 3.05) is 6.61 Å². The Hall–Kier alpha value is -2.14. The summed E-state index contributed by atoms with van der Waals surface area (Å²) in [6.07, 6.45) is 3.43. The van der Waals surface area contributed by atoms with Crippen molar-refractivity contribution in [3.05, 3.63) is 54.6 Å². The molecule has 1 N–H and O–H groups in total. The highest BCUT2D eigenvalue weighted by Gasteiger charge is 2.03. The second-order valence-electron chi connectivity index (χ2n) is 4.15. The molecule has 5 nitrogen and oxygen atoms in total. The number of hydrogen-bond acceptors (Lipinski definition) is 4. The van der Waals surface area contributed by atoms with Crippen LogP contribution in [-0.4, -0.2) is 21.4 Å². The van der Waals surface area contributed by atoms with E-state index in [1.165, 1.54) is 0 Å². The molecular weight excluding hydrogens is 240 g/mol. The standard InChI is InChI=1S/C14H18N4O/c1-3-8-19-13-7-5-4-6-12(13)9-15-10-14-16-11-18(2)17-14/h3-7,11,15H,1,8-10H2,2H3. The lowest BCUT2D eigenvalue weighted by Crippen LogP contribution is -2.15. The summed E-state index contributed by atoms with van der Waals surface area (Å²) in [5, 5.41) is 7.52. The molecule has 1 heterocycles. The predicted octanol–water partition coefficient (Wildman–Crippen LogP) is 1.67. The Morgan fingerprint density at radius 1 is 1.37 bits per heavy atom. The fourth-order valence-corrected chi connectivity index (χ4v) is 1.71. The van der Waals surface area contributed by atoms with E-state index in [2.05, 4.69) is 22.0 Å². The van der Waals surface area contributed by atoms with E-state index >= 15 is 0 Å². The molecule has 0 spiro atoms. The van der Waals surface area contributed by atoms with Gasteiger partial charge in [-0.3, -0.25) is 4.68 Å². The minimum Gasteiger partial charge on any atom is -0.489 e. The number of nitrogens with one attached hydrogen (secondary N) is 1. The maximum atomic E-state index is 5.60. The van der Waals surface area contributed by atoms with Gasteiger partial charge in [-0.05, 0) is 6.07 Å². The highest BCUT2D eigenvalue weighted by Crippen LogP contribution is 2.17. The molecule has 2 aromatic rings. The highest BCUT2D eigenvalue weighted by atomic mass is 16.5. The van der Waals surface area contributed by atoms with Crippen molar-refractivity contribution in [1.29, 1.82) is 0 Å². The molecule has 0 saturated carbocycles. The zero-order valence-electron chi connectivity index (χ0n) is 11.0. The number of hydrogen-bond donors (Lipinski definition) is 1. The molecule has 1 aromatic carbocycles. The second kappa shape index (κ2) is 6.70. The van der Waals surface area contributed by atoms with Crippen molar-refractivity contribution in [2.45, 2.75) is 13.1 Å². The zero-order valence-corrected chi connectivity index (χ0v) is 11.0. The van der Waals surface area contributed by atoms with Crippen LogP contribution >= 0.6 is 0 Å². The van der Waals surface area contributed by atoms with Crippen molar-refractivity contribution in [3.8, 4) is 5.75 Å². The number of aryl methyl sites for hydroxylation is 1. The fourth-order valence-electron chi connectivity index (χ4n) is 1.71. The van der Waals surface area contributed by atoms with Crippen molar-refractivity contribution >= 4 is 0 Å². The van der Waals surface area contributed by atoms with Crippen LogP contribution in [0.4, 0.5) is 0 Å². The predicted molar refractivity (Wildman–Crippen MR) is 73.7 cm³/mol. The Bertz CT molecular complexity index is 536. The average Bonchev–Trinajstić information content (AvgIpc) is 2.83. The third-order valence-corrected chi connectivity index (χ3v) is 2.57. The molecular formula is C14H18N4O. The van der Waals surface area contributed by atoms with Gasteiger partial charge >= 0.3 is 0 Å². The average molecular weight is 258 g/mol. The minimum atomic E-state index is 0.513. The van der Waals surface area contributed by atoms with E-state index < -0.39 is 0 Å². The Morgan fingerprint density at radius 3 is 2.95 bits per heavy atom. The maximum absolute atomic E-state index is 5.60. The number of ether oxygens (including phenoxy) is 1. The van der Waals surface area contributed by atoms with E-state index in [-0.39, 0.29) is 0 Å². The zero-order chi connectivity index (χ0) is 13.5. The molecule has 2 rings (SSSR count). The summed E-state index contributed by atoms with van der Waals surface area (Å²) in [7, 11) is 1.86. The topological polar surface area (TPSA) is 52.0 Å².